The predicted molar refractivity (Wildman–Crippen MR) is 101 cm³/mol. The molecule has 0 aliphatic carbocycles. The Morgan fingerprint density at radius 2 is 1.73 bits per heavy atom. The molecule has 0 atom stereocenters. The molecular formula is C20H15F3N2O5. The molecule has 0 bridgehead atoms. The van der Waals surface area contributed by atoms with Gasteiger partial charge in [0.25, 0.3) is 0 Å². The fraction of sp³-hybridized carbons (Fsp3) is 0.200. The van der Waals surface area contributed by atoms with Crippen LogP contribution in [0.1, 0.15) is 0 Å². The molecule has 1 N–H and O–H groups in total. The minimum Gasteiger partial charge on any atom is -0.449 e. The molecule has 0 amide bonds. The molecule has 0 unspecified atom stereocenters. The van der Waals surface area contributed by atoms with E-state index in [1.807, 2.05) is 4.90 Å². The van der Waals surface area contributed by atoms with Crippen molar-refractivity contribution in [2.24, 2.45) is 0 Å². The second kappa shape index (κ2) is 7.71. The van der Waals surface area contributed by atoms with E-state index >= 15 is 0 Å². The number of carbonyl (C=O) groups is 1. The van der Waals surface area contributed by atoms with Crippen LogP contribution in [0.3, 0.4) is 0 Å². The molecule has 0 saturated carbocycles. The number of morpholine rings is 1. The number of ether oxygens (including phenoxy) is 2. The van der Waals surface area contributed by atoms with E-state index in [2.05, 4.69) is 4.74 Å². The van der Waals surface area contributed by atoms with Crippen molar-refractivity contribution >= 4 is 22.7 Å². The highest BCUT2D eigenvalue weighted by Crippen LogP contribution is 2.31. The number of carboxylic acid groups (broad SMARTS) is 1. The van der Waals surface area contributed by atoms with Crippen molar-refractivity contribution in [2.45, 2.75) is 0 Å². The lowest BCUT2D eigenvalue weighted by Crippen LogP contribution is -2.36. The van der Waals surface area contributed by atoms with Crippen molar-refractivity contribution < 1.29 is 32.5 Å². The Morgan fingerprint density at radius 3 is 2.40 bits per heavy atom. The van der Waals surface area contributed by atoms with Crippen LogP contribution in [0.25, 0.3) is 16.6 Å². The highest BCUT2D eigenvalue weighted by atomic mass is 19.2. The smallest absolute Gasteiger partial charge is 0.449 e. The van der Waals surface area contributed by atoms with Crippen LogP contribution in [0.4, 0.5) is 23.7 Å². The first-order valence-electron chi connectivity index (χ1n) is 8.94. The SMILES string of the molecule is O=C(O)Oc1cn(-c2ccccc2N2CCOCC2)c2c(F)c(F)c(F)cc2c1=O. The first-order valence-corrected chi connectivity index (χ1v) is 8.94. The zero-order valence-corrected chi connectivity index (χ0v) is 15.4. The minimum absolute atomic E-state index is 0.324. The van der Waals surface area contributed by atoms with Gasteiger partial charge in [0.2, 0.25) is 5.43 Å². The van der Waals surface area contributed by atoms with Gasteiger partial charge in [-0.25, -0.2) is 18.0 Å². The van der Waals surface area contributed by atoms with Crippen LogP contribution in [-0.4, -0.2) is 42.1 Å². The van der Waals surface area contributed by atoms with Gasteiger partial charge < -0.3 is 24.0 Å². The maximum atomic E-state index is 14.8. The second-order valence-corrected chi connectivity index (χ2v) is 6.53. The molecule has 1 aliphatic heterocycles. The zero-order chi connectivity index (χ0) is 21.4. The van der Waals surface area contributed by atoms with E-state index in [0.29, 0.717) is 43.7 Å². The van der Waals surface area contributed by atoms with Gasteiger partial charge >= 0.3 is 6.16 Å². The van der Waals surface area contributed by atoms with Crippen molar-refractivity contribution in [2.75, 3.05) is 31.2 Å². The second-order valence-electron chi connectivity index (χ2n) is 6.53. The van der Waals surface area contributed by atoms with Crippen LogP contribution in [0, 0.1) is 17.5 Å². The number of rotatable bonds is 3. The average Bonchev–Trinajstić information content (AvgIpc) is 2.74. The van der Waals surface area contributed by atoms with Gasteiger partial charge in [-0.2, -0.15) is 0 Å². The van der Waals surface area contributed by atoms with Crippen LogP contribution >= 0.6 is 0 Å². The summed E-state index contributed by atoms with van der Waals surface area (Å²) in [6, 6.07) is 7.22. The third-order valence-electron chi connectivity index (χ3n) is 4.78. The normalized spacial score (nSPS) is 14.2. The highest BCUT2D eigenvalue weighted by molar-refractivity contribution is 5.85. The number of para-hydroxylation sites is 2. The number of aromatic nitrogens is 1. The van der Waals surface area contributed by atoms with Crippen LogP contribution in [0.15, 0.2) is 41.3 Å². The Kier molecular flexibility index (Phi) is 5.08. The quantitative estimate of drug-likeness (QED) is 0.517. The van der Waals surface area contributed by atoms with Crippen LogP contribution in [-0.2, 0) is 4.74 Å². The molecule has 156 valence electrons. The Hall–Kier alpha value is -3.53. The van der Waals surface area contributed by atoms with E-state index in [0.717, 1.165) is 10.8 Å². The molecule has 0 spiro atoms. The number of pyridine rings is 1. The lowest BCUT2D eigenvalue weighted by Gasteiger charge is -2.31. The van der Waals surface area contributed by atoms with Gasteiger partial charge in [-0.1, -0.05) is 12.1 Å². The topological polar surface area (TPSA) is 81.0 Å². The minimum atomic E-state index is -1.78. The molecule has 4 rings (SSSR count). The van der Waals surface area contributed by atoms with Crippen LogP contribution in [0.5, 0.6) is 5.75 Å². The molecule has 0 radical (unpaired) electrons. The summed E-state index contributed by atoms with van der Waals surface area (Å²) in [5.74, 6) is -5.55. The monoisotopic (exact) mass is 420 g/mol. The summed E-state index contributed by atoms with van der Waals surface area (Å²) in [6.45, 7) is 1.97. The summed E-state index contributed by atoms with van der Waals surface area (Å²) in [6.07, 6.45) is -0.819. The van der Waals surface area contributed by atoms with Gasteiger partial charge in [-0.3, -0.25) is 4.79 Å². The summed E-state index contributed by atoms with van der Waals surface area (Å²) in [5, 5.41) is 8.38. The third kappa shape index (κ3) is 3.35. The van der Waals surface area contributed by atoms with E-state index in [1.54, 1.807) is 24.3 Å². The fourth-order valence-electron chi connectivity index (χ4n) is 3.46. The summed E-state index contributed by atoms with van der Waals surface area (Å²) in [4.78, 5) is 25.5. The molecule has 2 aromatic carbocycles. The number of hydrogen-bond acceptors (Lipinski definition) is 5. The molecule has 1 aromatic heterocycles. The van der Waals surface area contributed by atoms with E-state index in [9.17, 15) is 22.8 Å². The molecule has 30 heavy (non-hydrogen) atoms. The van der Waals surface area contributed by atoms with Crippen LogP contribution < -0.4 is 15.1 Å². The number of anilines is 1. The molecular weight excluding hydrogens is 405 g/mol. The standard InChI is InChI=1S/C20H15F3N2O5/c21-12-9-11-18(17(23)16(12)22)25(10-15(19(11)26)30-20(27)28)14-4-2-1-3-13(14)24-5-7-29-8-6-24/h1-4,9-10H,5-8H2,(H,27,28). The third-order valence-corrected chi connectivity index (χ3v) is 4.78. The fourth-order valence-corrected chi connectivity index (χ4v) is 3.46. The van der Waals surface area contributed by atoms with Crippen molar-refractivity contribution in [1.29, 1.82) is 0 Å². The molecule has 1 fully saturated rings. The summed E-state index contributed by atoms with van der Waals surface area (Å²) in [5.41, 5.74) is -0.677. The van der Waals surface area contributed by atoms with E-state index in [1.165, 1.54) is 0 Å². The van der Waals surface area contributed by atoms with Crippen molar-refractivity contribution in [3.8, 4) is 11.4 Å². The molecule has 7 nitrogen and oxygen atoms in total. The Morgan fingerprint density at radius 1 is 1.07 bits per heavy atom. The molecule has 1 saturated heterocycles. The van der Waals surface area contributed by atoms with Gasteiger partial charge in [-0.15, -0.1) is 0 Å². The average molecular weight is 420 g/mol. The first kappa shape index (κ1) is 19.8. The van der Waals surface area contributed by atoms with E-state index in [4.69, 9.17) is 9.84 Å². The van der Waals surface area contributed by atoms with E-state index in [-0.39, 0.29) is 0 Å². The molecule has 1 aliphatic rings. The highest BCUT2D eigenvalue weighted by Gasteiger charge is 2.24. The van der Waals surface area contributed by atoms with Crippen molar-refractivity contribution in [3.05, 3.63) is 64.2 Å². The summed E-state index contributed by atoms with van der Waals surface area (Å²) < 4.78 is 53.6. The van der Waals surface area contributed by atoms with Gasteiger partial charge in [-0.05, 0) is 18.2 Å². The first-order chi connectivity index (χ1) is 14.4. The van der Waals surface area contributed by atoms with Crippen molar-refractivity contribution in [1.82, 2.24) is 4.57 Å². The number of fused-ring (bicyclic) bond motifs is 1. The summed E-state index contributed by atoms with van der Waals surface area (Å²) >= 11 is 0. The van der Waals surface area contributed by atoms with Gasteiger partial charge in [0, 0.05) is 13.1 Å². The zero-order valence-electron chi connectivity index (χ0n) is 15.4. The number of halogens is 3. The number of hydrogen-bond donors (Lipinski definition) is 1. The summed E-state index contributed by atoms with van der Waals surface area (Å²) in [7, 11) is 0. The lowest BCUT2D eigenvalue weighted by molar-refractivity contribution is 0.122. The Balaban J connectivity index is 2.06. The lowest BCUT2D eigenvalue weighted by atomic mass is 10.1. The van der Waals surface area contributed by atoms with Gasteiger partial charge in [0.15, 0.2) is 23.2 Å². The predicted octanol–water partition coefficient (Wildman–Crippen LogP) is 3.30. The van der Waals surface area contributed by atoms with E-state index < -0.39 is 45.7 Å². The molecule has 2 heterocycles. The van der Waals surface area contributed by atoms with Crippen LogP contribution in [0.2, 0.25) is 0 Å². The molecule has 10 heteroatoms. The van der Waals surface area contributed by atoms with Gasteiger partial charge in [0.1, 0.15) is 0 Å². The maximum absolute atomic E-state index is 14.8. The largest absolute Gasteiger partial charge is 0.511 e. The molecule has 3 aromatic rings. The van der Waals surface area contributed by atoms with Gasteiger partial charge in [0.05, 0.1) is 41.7 Å². The number of benzene rings is 2. The van der Waals surface area contributed by atoms with Crippen molar-refractivity contribution in [3.63, 3.8) is 0 Å². The maximum Gasteiger partial charge on any atom is 0.511 e. The number of nitrogens with zero attached hydrogens (tertiary/aromatic N) is 2. The Bertz CT molecular complexity index is 1210. The Labute approximate surface area is 167 Å².